The minimum Gasteiger partial charge on any atom is -0.479 e. The average Bonchev–Trinajstić information content (AvgIpc) is 2.46. The smallest absolute Gasteiger partial charge is 0.408 e. The zero-order valence-electron chi connectivity index (χ0n) is 14.7. The lowest BCUT2D eigenvalue weighted by atomic mass is 9.86. The van der Waals surface area contributed by atoms with Crippen LogP contribution in [0.15, 0.2) is 30.3 Å². The lowest BCUT2D eigenvalue weighted by Crippen LogP contribution is -2.56. The number of aliphatic carboxylic acids is 1. The number of benzene rings is 1. The molecule has 0 aliphatic carbocycles. The van der Waals surface area contributed by atoms with Gasteiger partial charge in [0.15, 0.2) is 6.10 Å². The highest BCUT2D eigenvalue weighted by Crippen LogP contribution is 2.28. The first-order valence-electron chi connectivity index (χ1n) is 7.50. The van der Waals surface area contributed by atoms with Gasteiger partial charge < -0.3 is 24.6 Å². The average molecular weight is 339 g/mol. The molecule has 0 heterocycles. The molecule has 0 spiro atoms. The number of carbonyl (C=O) groups excluding carboxylic acids is 1. The topological polar surface area (TPSA) is 94.1 Å². The molecule has 24 heavy (non-hydrogen) atoms. The second-order valence-corrected chi connectivity index (χ2v) is 6.49. The highest BCUT2D eigenvalue weighted by molar-refractivity contribution is 5.77. The fraction of sp³-hybridized carbons (Fsp3) is 0.529. The lowest BCUT2D eigenvalue weighted by molar-refractivity contribution is -0.167. The van der Waals surface area contributed by atoms with Crippen LogP contribution in [0.1, 0.15) is 33.3 Å². The van der Waals surface area contributed by atoms with E-state index in [0.29, 0.717) is 5.56 Å². The van der Waals surface area contributed by atoms with Crippen LogP contribution >= 0.6 is 0 Å². The van der Waals surface area contributed by atoms with Crippen molar-refractivity contribution in [2.45, 2.75) is 44.9 Å². The Bertz CT molecular complexity index is 554. The van der Waals surface area contributed by atoms with Gasteiger partial charge in [0.25, 0.3) is 0 Å². The predicted octanol–water partition coefficient (Wildman–Crippen LogP) is 2.50. The summed E-state index contributed by atoms with van der Waals surface area (Å²) in [6, 6.07) is 8.72. The molecule has 0 fully saturated rings. The third kappa shape index (κ3) is 5.50. The Morgan fingerprint density at radius 1 is 1.17 bits per heavy atom. The number of carbonyl (C=O) groups is 2. The van der Waals surface area contributed by atoms with E-state index in [4.69, 9.17) is 14.2 Å². The predicted molar refractivity (Wildman–Crippen MR) is 87.5 cm³/mol. The van der Waals surface area contributed by atoms with Gasteiger partial charge in [-0.15, -0.1) is 0 Å². The third-order valence-electron chi connectivity index (χ3n) is 3.24. The summed E-state index contributed by atoms with van der Waals surface area (Å²) in [5.74, 6) is -1.23. The summed E-state index contributed by atoms with van der Waals surface area (Å²) in [7, 11) is 1.39. The first kappa shape index (κ1) is 19.9. The summed E-state index contributed by atoms with van der Waals surface area (Å²) in [5.41, 5.74) is -1.50. The zero-order chi connectivity index (χ0) is 18.4. The number of carboxylic acids is 1. The van der Waals surface area contributed by atoms with Gasteiger partial charge in [0.2, 0.25) is 0 Å². The molecule has 1 rings (SSSR count). The molecule has 0 aliphatic rings. The molecule has 2 N–H and O–H groups in total. The van der Waals surface area contributed by atoms with E-state index in [9.17, 15) is 14.7 Å². The summed E-state index contributed by atoms with van der Waals surface area (Å²) in [6.07, 6.45) is -2.10. The van der Waals surface area contributed by atoms with Gasteiger partial charge in [0, 0.05) is 7.11 Å². The molecule has 0 bridgehead atoms. The first-order chi connectivity index (χ1) is 11.1. The number of hydrogen-bond donors (Lipinski definition) is 2. The minimum absolute atomic E-state index is 0.227. The van der Waals surface area contributed by atoms with E-state index >= 15 is 0 Å². The molecule has 1 aromatic carbocycles. The third-order valence-corrected chi connectivity index (χ3v) is 3.24. The van der Waals surface area contributed by atoms with Crippen molar-refractivity contribution < 1.29 is 28.9 Å². The van der Waals surface area contributed by atoms with Gasteiger partial charge in [0.05, 0.1) is 0 Å². The van der Waals surface area contributed by atoms with E-state index < -0.39 is 29.3 Å². The Labute approximate surface area is 141 Å². The molecule has 0 radical (unpaired) electrons. The maximum absolute atomic E-state index is 12.2. The maximum Gasteiger partial charge on any atom is 0.408 e. The minimum atomic E-state index is -1.37. The van der Waals surface area contributed by atoms with E-state index in [2.05, 4.69) is 5.32 Å². The number of alkyl carbamates (subject to hydrolysis) is 1. The standard InChI is InChI=1S/C17H25NO6/c1-16(2,3)24-15(21)18-17(4,12-9-7-6-8-10-12)13(14(19)20)23-11-22-5/h6-10,13H,11H2,1-5H3,(H,18,21)(H,19,20)/t13-,17-/m1/s1. The summed E-state index contributed by atoms with van der Waals surface area (Å²) >= 11 is 0. The molecule has 7 nitrogen and oxygen atoms in total. The van der Waals surface area contributed by atoms with Crippen LogP contribution in [-0.2, 0) is 24.5 Å². The fourth-order valence-corrected chi connectivity index (χ4v) is 2.21. The van der Waals surface area contributed by atoms with Gasteiger partial charge in [-0.25, -0.2) is 9.59 Å². The molecule has 7 heteroatoms. The van der Waals surface area contributed by atoms with Gasteiger partial charge >= 0.3 is 12.1 Å². The van der Waals surface area contributed by atoms with Crippen molar-refractivity contribution in [3.05, 3.63) is 35.9 Å². The Morgan fingerprint density at radius 3 is 2.21 bits per heavy atom. The fourth-order valence-electron chi connectivity index (χ4n) is 2.21. The van der Waals surface area contributed by atoms with Crippen molar-refractivity contribution in [1.29, 1.82) is 0 Å². The van der Waals surface area contributed by atoms with E-state index in [0.717, 1.165) is 0 Å². The van der Waals surface area contributed by atoms with E-state index in [1.54, 1.807) is 58.0 Å². The van der Waals surface area contributed by atoms with Crippen molar-refractivity contribution >= 4 is 12.1 Å². The number of nitrogens with one attached hydrogen (secondary N) is 1. The number of ether oxygens (including phenoxy) is 3. The summed E-state index contributed by atoms with van der Waals surface area (Å²) < 4.78 is 15.4. The van der Waals surface area contributed by atoms with Gasteiger partial charge in [-0.1, -0.05) is 30.3 Å². The molecule has 0 aromatic heterocycles. The number of hydrogen-bond acceptors (Lipinski definition) is 5. The molecule has 0 saturated carbocycles. The summed E-state index contributed by atoms with van der Waals surface area (Å²) in [6.45, 7) is 6.52. The van der Waals surface area contributed by atoms with Crippen LogP contribution in [0.4, 0.5) is 4.79 Å². The van der Waals surface area contributed by atoms with Crippen LogP contribution < -0.4 is 5.32 Å². The lowest BCUT2D eigenvalue weighted by Gasteiger charge is -2.36. The number of methoxy groups -OCH3 is 1. The van der Waals surface area contributed by atoms with Crippen LogP contribution in [0.5, 0.6) is 0 Å². The summed E-state index contributed by atoms with van der Waals surface area (Å²) in [4.78, 5) is 24.0. The van der Waals surface area contributed by atoms with Gasteiger partial charge in [-0.3, -0.25) is 0 Å². The largest absolute Gasteiger partial charge is 0.479 e. The molecule has 2 atom stereocenters. The van der Waals surface area contributed by atoms with Crippen molar-refractivity contribution in [3.63, 3.8) is 0 Å². The second-order valence-electron chi connectivity index (χ2n) is 6.49. The SMILES string of the molecule is COCO[C@H](C(=O)O)[C@](C)(NC(=O)OC(C)(C)C)c1ccccc1. The number of amides is 1. The van der Waals surface area contributed by atoms with Gasteiger partial charge in [-0.2, -0.15) is 0 Å². The quantitative estimate of drug-likeness (QED) is 0.741. The molecule has 1 aromatic rings. The van der Waals surface area contributed by atoms with Crippen LogP contribution in [0.3, 0.4) is 0 Å². The van der Waals surface area contributed by atoms with Gasteiger partial charge in [0.1, 0.15) is 17.9 Å². The van der Waals surface area contributed by atoms with Crippen molar-refractivity contribution in [1.82, 2.24) is 5.32 Å². The van der Waals surface area contributed by atoms with Crippen LogP contribution in [0.2, 0.25) is 0 Å². The van der Waals surface area contributed by atoms with Crippen molar-refractivity contribution in [3.8, 4) is 0 Å². The monoisotopic (exact) mass is 339 g/mol. The number of carboxylic acid groups (broad SMARTS) is 1. The van der Waals surface area contributed by atoms with Crippen LogP contribution in [0.25, 0.3) is 0 Å². The molecule has 0 aliphatic heterocycles. The van der Waals surface area contributed by atoms with E-state index in [-0.39, 0.29) is 6.79 Å². The highest BCUT2D eigenvalue weighted by atomic mass is 16.7. The van der Waals surface area contributed by atoms with Crippen molar-refractivity contribution in [2.24, 2.45) is 0 Å². The van der Waals surface area contributed by atoms with Crippen LogP contribution in [-0.4, -0.2) is 42.8 Å². The van der Waals surface area contributed by atoms with Crippen LogP contribution in [0, 0.1) is 0 Å². The molecule has 1 amide bonds. The molecule has 134 valence electrons. The van der Waals surface area contributed by atoms with Crippen molar-refractivity contribution in [2.75, 3.05) is 13.9 Å². The van der Waals surface area contributed by atoms with E-state index in [1.165, 1.54) is 7.11 Å². The first-order valence-corrected chi connectivity index (χ1v) is 7.50. The highest BCUT2D eigenvalue weighted by Gasteiger charge is 2.44. The Morgan fingerprint density at radius 2 is 1.75 bits per heavy atom. The molecular formula is C17H25NO6. The Kier molecular flexibility index (Phi) is 6.74. The van der Waals surface area contributed by atoms with E-state index in [1.807, 2.05) is 0 Å². The Balaban J connectivity index is 3.20. The van der Waals surface area contributed by atoms with Gasteiger partial charge in [-0.05, 0) is 33.3 Å². The summed E-state index contributed by atoms with van der Waals surface area (Å²) in [5, 5.41) is 12.2. The molecule has 0 unspecified atom stereocenters. The second kappa shape index (κ2) is 8.12. The molecule has 0 saturated heterocycles. The number of rotatable bonds is 7. The normalized spacial score (nSPS) is 15.2. The maximum atomic E-state index is 12.2. The Hall–Kier alpha value is -2.12. The molecular weight excluding hydrogens is 314 g/mol. The zero-order valence-corrected chi connectivity index (χ0v) is 14.7.